The van der Waals surface area contributed by atoms with Crippen LogP contribution in [0.2, 0.25) is 0 Å². The van der Waals surface area contributed by atoms with Crippen molar-refractivity contribution in [3.05, 3.63) is 88.5 Å². The molecule has 2 aromatic carbocycles. The molecular formula is C22H23FN4O. The van der Waals surface area contributed by atoms with Gasteiger partial charge in [0.2, 0.25) is 5.95 Å². The Kier molecular flexibility index (Phi) is 6.32. The van der Waals surface area contributed by atoms with E-state index in [-0.39, 0.29) is 11.7 Å². The van der Waals surface area contributed by atoms with E-state index >= 15 is 0 Å². The molecule has 1 heterocycles. The fourth-order valence-electron chi connectivity index (χ4n) is 2.71. The van der Waals surface area contributed by atoms with E-state index in [2.05, 4.69) is 20.6 Å². The quantitative estimate of drug-likeness (QED) is 0.656. The van der Waals surface area contributed by atoms with Gasteiger partial charge in [0.15, 0.2) is 0 Å². The summed E-state index contributed by atoms with van der Waals surface area (Å²) >= 11 is 0. The van der Waals surface area contributed by atoms with Crippen molar-refractivity contribution in [2.75, 3.05) is 11.9 Å². The van der Waals surface area contributed by atoms with Crippen LogP contribution in [0.15, 0.2) is 54.6 Å². The third kappa shape index (κ3) is 5.61. The van der Waals surface area contributed by atoms with Gasteiger partial charge < -0.3 is 10.6 Å². The van der Waals surface area contributed by atoms with E-state index in [1.807, 2.05) is 38.1 Å². The summed E-state index contributed by atoms with van der Waals surface area (Å²) in [7, 11) is 0. The van der Waals surface area contributed by atoms with Crippen molar-refractivity contribution in [1.29, 1.82) is 0 Å². The van der Waals surface area contributed by atoms with Gasteiger partial charge in [-0.2, -0.15) is 0 Å². The first-order valence-electron chi connectivity index (χ1n) is 9.17. The number of aromatic nitrogens is 2. The lowest BCUT2D eigenvalue weighted by atomic mass is 10.1. The third-order valence-electron chi connectivity index (χ3n) is 4.27. The summed E-state index contributed by atoms with van der Waals surface area (Å²) in [4.78, 5) is 21.1. The lowest BCUT2D eigenvalue weighted by molar-refractivity contribution is 0.0949. The van der Waals surface area contributed by atoms with Gasteiger partial charge >= 0.3 is 0 Å². The monoisotopic (exact) mass is 378 g/mol. The Morgan fingerprint density at radius 1 is 0.964 bits per heavy atom. The van der Waals surface area contributed by atoms with Crippen LogP contribution in [-0.2, 0) is 13.0 Å². The van der Waals surface area contributed by atoms with Gasteiger partial charge in [0, 0.05) is 18.8 Å². The Morgan fingerprint density at radius 3 is 2.36 bits per heavy atom. The Labute approximate surface area is 164 Å². The number of carbonyl (C=O) groups excluding carboxylic acids is 1. The smallest absolute Gasteiger partial charge is 0.270 e. The Balaban J connectivity index is 1.57. The molecule has 0 saturated carbocycles. The summed E-state index contributed by atoms with van der Waals surface area (Å²) in [6, 6.07) is 16.1. The highest BCUT2D eigenvalue weighted by molar-refractivity contribution is 5.92. The number of rotatable bonds is 7. The summed E-state index contributed by atoms with van der Waals surface area (Å²) in [5, 5.41) is 6.01. The van der Waals surface area contributed by atoms with Crippen molar-refractivity contribution in [2.24, 2.45) is 0 Å². The van der Waals surface area contributed by atoms with E-state index in [4.69, 9.17) is 0 Å². The van der Waals surface area contributed by atoms with Crippen molar-refractivity contribution in [3.63, 3.8) is 0 Å². The topological polar surface area (TPSA) is 66.9 Å². The first-order valence-corrected chi connectivity index (χ1v) is 9.17. The van der Waals surface area contributed by atoms with Crippen LogP contribution in [0.25, 0.3) is 0 Å². The maximum atomic E-state index is 12.9. The fraction of sp³-hybridized carbons (Fsp3) is 0.227. The lowest BCUT2D eigenvalue weighted by Gasteiger charge is -2.09. The van der Waals surface area contributed by atoms with Crippen molar-refractivity contribution < 1.29 is 9.18 Å². The van der Waals surface area contributed by atoms with Crippen molar-refractivity contribution in [2.45, 2.75) is 26.8 Å². The molecule has 144 valence electrons. The first-order chi connectivity index (χ1) is 13.5. The number of amides is 1. The Bertz CT molecular complexity index is 940. The molecule has 0 unspecified atom stereocenters. The van der Waals surface area contributed by atoms with Gasteiger partial charge in [0.05, 0.1) is 0 Å². The molecule has 0 aliphatic rings. The molecule has 5 nitrogen and oxygen atoms in total. The highest BCUT2D eigenvalue weighted by Gasteiger charge is 2.10. The second kappa shape index (κ2) is 9.08. The molecule has 0 bridgehead atoms. The second-order valence-corrected chi connectivity index (χ2v) is 6.69. The van der Waals surface area contributed by atoms with Gasteiger partial charge in [0.25, 0.3) is 5.91 Å². The number of halogens is 1. The maximum absolute atomic E-state index is 12.9. The minimum atomic E-state index is -0.269. The number of carbonyl (C=O) groups is 1. The minimum Gasteiger partial charge on any atom is -0.350 e. The van der Waals surface area contributed by atoms with Gasteiger partial charge in [-0.05, 0) is 49.6 Å². The molecule has 1 amide bonds. The Morgan fingerprint density at radius 2 is 1.64 bits per heavy atom. The summed E-state index contributed by atoms with van der Waals surface area (Å²) in [6.45, 7) is 4.89. The van der Waals surface area contributed by atoms with E-state index in [1.54, 1.807) is 18.2 Å². The molecular weight excluding hydrogens is 355 g/mol. The highest BCUT2D eigenvalue weighted by Crippen LogP contribution is 2.09. The highest BCUT2D eigenvalue weighted by atomic mass is 19.1. The molecule has 3 rings (SSSR count). The molecule has 0 fully saturated rings. The molecule has 0 aliphatic carbocycles. The van der Waals surface area contributed by atoms with Gasteiger partial charge in [0.1, 0.15) is 11.5 Å². The number of anilines is 1. The minimum absolute atomic E-state index is 0.258. The zero-order valence-corrected chi connectivity index (χ0v) is 16.0. The van der Waals surface area contributed by atoms with Crippen LogP contribution in [0, 0.1) is 19.7 Å². The summed E-state index contributed by atoms with van der Waals surface area (Å²) in [5.74, 6) is -0.106. The van der Waals surface area contributed by atoms with Crippen LogP contribution in [0.5, 0.6) is 0 Å². The van der Waals surface area contributed by atoms with E-state index in [0.29, 0.717) is 36.8 Å². The van der Waals surface area contributed by atoms with Crippen LogP contribution in [-0.4, -0.2) is 22.4 Å². The fourth-order valence-corrected chi connectivity index (χ4v) is 2.71. The third-order valence-corrected chi connectivity index (χ3v) is 4.27. The summed E-state index contributed by atoms with van der Waals surface area (Å²) in [5.41, 5.74) is 4.31. The largest absolute Gasteiger partial charge is 0.350 e. The van der Waals surface area contributed by atoms with Crippen LogP contribution in [0.4, 0.5) is 10.3 Å². The predicted octanol–water partition coefficient (Wildman–Crippen LogP) is 3.82. The summed E-state index contributed by atoms with van der Waals surface area (Å²) < 4.78 is 12.9. The van der Waals surface area contributed by atoms with Gasteiger partial charge in [-0.3, -0.25) is 4.79 Å². The van der Waals surface area contributed by atoms with Crippen molar-refractivity contribution in [3.8, 4) is 0 Å². The molecule has 6 heteroatoms. The molecule has 0 atom stereocenters. The molecule has 0 saturated heterocycles. The van der Waals surface area contributed by atoms with E-state index in [0.717, 1.165) is 11.1 Å². The second-order valence-electron chi connectivity index (χ2n) is 6.69. The number of aryl methyl sites for hydroxylation is 2. The summed E-state index contributed by atoms with van der Waals surface area (Å²) in [6.07, 6.45) is 0.620. The van der Waals surface area contributed by atoms with Crippen LogP contribution in [0.3, 0.4) is 0 Å². The van der Waals surface area contributed by atoms with E-state index in [9.17, 15) is 9.18 Å². The van der Waals surface area contributed by atoms with Crippen LogP contribution < -0.4 is 10.6 Å². The zero-order chi connectivity index (χ0) is 19.9. The lowest BCUT2D eigenvalue weighted by Crippen LogP contribution is -2.27. The van der Waals surface area contributed by atoms with Crippen molar-refractivity contribution in [1.82, 2.24) is 15.3 Å². The average Bonchev–Trinajstić information content (AvgIpc) is 2.68. The normalized spacial score (nSPS) is 10.5. The van der Waals surface area contributed by atoms with Crippen LogP contribution in [0.1, 0.15) is 32.9 Å². The number of benzene rings is 2. The van der Waals surface area contributed by atoms with Crippen LogP contribution >= 0.6 is 0 Å². The maximum Gasteiger partial charge on any atom is 0.270 e. The molecule has 28 heavy (non-hydrogen) atoms. The molecule has 3 aromatic rings. The van der Waals surface area contributed by atoms with Gasteiger partial charge in [-0.15, -0.1) is 0 Å². The molecule has 0 radical (unpaired) electrons. The average molecular weight is 378 g/mol. The van der Waals surface area contributed by atoms with E-state index < -0.39 is 0 Å². The molecule has 2 N–H and O–H groups in total. The molecule has 0 spiro atoms. The first kappa shape index (κ1) is 19.5. The predicted molar refractivity (Wildman–Crippen MR) is 108 cm³/mol. The van der Waals surface area contributed by atoms with Gasteiger partial charge in [-0.25, -0.2) is 14.4 Å². The molecule has 1 aromatic heterocycles. The van der Waals surface area contributed by atoms with Crippen molar-refractivity contribution >= 4 is 11.9 Å². The SMILES string of the molecule is Cc1ccc(CNc2nc(C)cc(C(=O)NCCc3ccc(F)cc3)n2)cc1. The number of nitrogens with one attached hydrogen (secondary N) is 2. The number of nitrogens with zero attached hydrogens (tertiary/aromatic N) is 2. The molecule has 0 aliphatic heterocycles. The standard InChI is InChI=1S/C22H23FN4O/c1-15-3-5-18(6-4-15)14-25-22-26-16(2)13-20(27-22)21(28)24-12-11-17-7-9-19(23)10-8-17/h3-10,13H,11-12,14H2,1-2H3,(H,24,28)(H,25,26,27). The zero-order valence-electron chi connectivity index (χ0n) is 16.0. The number of hydrogen-bond acceptors (Lipinski definition) is 4. The Hall–Kier alpha value is -3.28. The number of hydrogen-bond donors (Lipinski definition) is 2. The van der Waals surface area contributed by atoms with Gasteiger partial charge in [-0.1, -0.05) is 42.0 Å². The van der Waals surface area contributed by atoms with E-state index in [1.165, 1.54) is 17.7 Å².